The average Bonchev–Trinajstić information content (AvgIpc) is 2.35. The van der Waals surface area contributed by atoms with Gasteiger partial charge >= 0.3 is 7.68 Å². The molecule has 1 aliphatic rings. The van der Waals surface area contributed by atoms with Crippen LogP contribution in [0.3, 0.4) is 0 Å². The second-order valence-corrected chi connectivity index (χ2v) is 5.70. The summed E-state index contributed by atoms with van der Waals surface area (Å²) < 4.78 is 29.5. The summed E-state index contributed by atoms with van der Waals surface area (Å²) in [5, 5.41) is 0. The summed E-state index contributed by atoms with van der Waals surface area (Å²) in [6.07, 6.45) is 3.53. The maximum Gasteiger partial charge on any atom is 0.367 e. The zero-order chi connectivity index (χ0) is 9.90. The van der Waals surface area contributed by atoms with Crippen LogP contribution in [0.15, 0.2) is 0 Å². The standard InChI is InChI=1S/C9H18FO2P/c1-3-7-13(10,11)12-9-6-4-5-8(9)2/h8-9H,3-7H2,1-2H3. The lowest BCUT2D eigenvalue weighted by Crippen LogP contribution is -2.13. The third-order valence-corrected chi connectivity index (χ3v) is 4.13. The molecule has 13 heavy (non-hydrogen) atoms. The Labute approximate surface area is 79.4 Å². The van der Waals surface area contributed by atoms with Crippen LogP contribution in [-0.4, -0.2) is 12.3 Å². The van der Waals surface area contributed by atoms with Crippen molar-refractivity contribution in [1.29, 1.82) is 0 Å². The molecule has 0 aromatic heterocycles. The fourth-order valence-corrected chi connectivity index (χ4v) is 3.15. The van der Waals surface area contributed by atoms with Crippen LogP contribution in [0.4, 0.5) is 4.20 Å². The minimum absolute atomic E-state index is 0.0657. The van der Waals surface area contributed by atoms with Crippen molar-refractivity contribution in [1.82, 2.24) is 0 Å². The van der Waals surface area contributed by atoms with Gasteiger partial charge in [-0.05, 0) is 25.2 Å². The van der Waals surface area contributed by atoms with E-state index in [1.54, 1.807) is 0 Å². The van der Waals surface area contributed by atoms with E-state index in [2.05, 4.69) is 0 Å². The van der Waals surface area contributed by atoms with Crippen LogP contribution < -0.4 is 0 Å². The lowest BCUT2D eigenvalue weighted by molar-refractivity contribution is 0.157. The summed E-state index contributed by atoms with van der Waals surface area (Å²) in [6.45, 7) is 3.84. The van der Waals surface area contributed by atoms with E-state index in [1.807, 2.05) is 13.8 Å². The van der Waals surface area contributed by atoms with Gasteiger partial charge in [0.05, 0.1) is 12.3 Å². The monoisotopic (exact) mass is 208 g/mol. The third-order valence-electron chi connectivity index (χ3n) is 2.57. The Bertz CT molecular complexity index is 208. The minimum Gasteiger partial charge on any atom is -0.302 e. The molecule has 78 valence electrons. The Kier molecular flexibility index (Phi) is 3.93. The molecule has 0 amide bonds. The summed E-state index contributed by atoms with van der Waals surface area (Å²) in [7, 11) is -3.78. The van der Waals surface area contributed by atoms with Crippen molar-refractivity contribution in [2.24, 2.45) is 5.92 Å². The molecular formula is C9H18FO2P. The molecule has 0 spiro atoms. The van der Waals surface area contributed by atoms with Crippen LogP contribution in [0.25, 0.3) is 0 Å². The highest BCUT2D eigenvalue weighted by Crippen LogP contribution is 2.52. The Morgan fingerprint density at radius 2 is 2.23 bits per heavy atom. The van der Waals surface area contributed by atoms with E-state index in [-0.39, 0.29) is 12.3 Å². The number of halogens is 1. The predicted molar refractivity (Wildman–Crippen MR) is 51.8 cm³/mol. The summed E-state index contributed by atoms with van der Waals surface area (Å²) >= 11 is 0. The Morgan fingerprint density at radius 1 is 1.54 bits per heavy atom. The van der Waals surface area contributed by atoms with Gasteiger partial charge < -0.3 is 4.52 Å². The van der Waals surface area contributed by atoms with Crippen LogP contribution in [0, 0.1) is 5.92 Å². The van der Waals surface area contributed by atoms with Crippen molar-refractivity contribution in [3.05, 3.63) is 0 Å². The fourth-order valence-electron chi connectivity index (χ4n) is 1.79. The molecule has 3 unspecified atom stereocenters. The zero-order valence-corrected chi connectivity index (χ0v) is 9.23. The maximum absolute atomic E-state index is 13.2. The number of rotatable bonds is 4. The molecule has 0 heterocycles. The Morgan fingerprint density at radius 3 is 2.69 bits per heavy atom. The van der Waals surface area contributed by atoms with Gasteiger partial charge in [-0.25, -0.2) is 0 Å². The van der Waals surface area contributed by atoms with Crippen LogP contribution >= 0.6 is 7.68 Å². The molecule has 0 bridgehead atoms. The quantitative estimate of drug-likeness (QED) is 0.657. The topological polar surface area (TPSA) is 26.3 Å². The van der Waals surface area contributed by atoms with Crippen molar-refractivity contribution in [2.75, 3.05) is 6.16 Å². The molecule has 0 N–H and O–H groups in total. The average molecular weight is 208 g/mol. The van der Waals surface area contributed by atoms with E-state index in [0.29, 0.717) is 12.3 Å². The Balaban J connectivity index is 2.42. The van der Waals surface area contributed by atoms with Gasteiger partial charge in [0.15, 0.2) is 0 Å². The second-order valence-electron chi connectivity index (χ2n) is 3.87. The van der Waals surface area contributed by atoms with E-state index in [0.717, 1.165) is 19.3 Å². The number of hydrogen-bond acceptors (Lipinski definition) is 2. The van der Waals surface area contributed by atoms with Crippen LogP contribution in [0.2, 0.25) is 0 Å². The second kappa shape index (κ2) is 4.56. The first kappa shape index (κ1) is 11.2. The fraction of sp³-hybridized carbons (Fsp3) is 1.00. The summed E-state index contributed by atoms with van der Waals surface area (Å²) in [4.78, 5) is 0. The molecule has 3 atom stereocenters. The molecular weight excluding hydrogens is 190 g/mol. The van der Waals surface area contributed by atoms with E-state index in [1.165, 1.54) is 0 Å². The first-order chi connectivity index (χ1) is 6.05. The van der Waals surface area contributed by atoms with Gasteiger partial charge in [-0.1, -0.05) is 20.3 Å². The third kappa shape index (κ3) is 3.40. The van der Waals surface area contributed by atoms with Gasteiger partial charge in [0, 0.05) is 0 Å². The van der Waals surface area contributed by atoms with Gasteiger partial charge in [-0.2, -0.15) is 4.20 Å². The minimum atomic E-state index is -3.78. The molecule has 0 radical (unpaired) electrons. The van der Waals surface area contributed by atoms with E-state index >= 15 is 0 Å². The molecule has 1 aliphatic carbocycles. The van der Waals surface area contributed by atoms with Gasteiger partial charge in [0.1, 0.15) is 0 Å². The van der Waals surface area contributed by atoms with Gasteiger partial charge in [-0.3, -0.25) is 4.57 Å². The number of hydrogen-bond donors (Lipinski definition) is 0. The van der Waals surface area contributed by atoms with Gasteiger partial charge in [0.25, 0.3) is 0 Å². The van der Waals surface area contributed by atoms with Crippen LogP contribution in [0.5, 0.6) is 0 Å². The van der Waals surface area contributed by atoms with Crippen molar-refractivity contribution >= 4 is 7.68 Å². The molecule has 0 aromatic rings. The van der Waals surface area contributed by atoms with Gasteiger partial charge in [-0.15, -0.1) is 0 Å². The lowest BCUT2D eigenvalue weighted by Gasteiger charge is -2.18. The normalized spacial score (nSPS) is 33.2. The zero-order valence-electron chi connectivity index (χ0n) is 8.33. The van der Waals surface area contributed by atoms with Crippen molar-refractivity contribution < 1.29 is 13.3 Å². The highest BCUT2D eigenvalue weighted by atomic mass is 31.2. The van der Waals surface area contributed by atoms with E-state index in [4.69, 9.17) is 4.52 Å². The molecule has 1 rings (SSSR count). The van der Waals surface area contributed by atoms with Crippen LogP contribution in [-0.2, 0) is 9.09 Å². The highest BCUT2D eigenvalue weighted by molar-refractivity contribution is 7.53. The summed E-state index contributed by atoms with van der Waals surface area (Å²) in [5.41, 5.74) is 0. The molecule has 1 fully saturated rings. The first-order valence-electron chi connectivity index (χ1n) is 5.02. The summed E-state index contributed by atoms with van der Waals surface area (Å²) in [5.74, 6) is 0.362. The largest absolute Gasteiger partial charge is 0.367 e. The van der Waals surface area contributed by atoms with Crippen molar-refractivity contribution in [2.45, 2.75) is 45.6 Å². The molecule has 2 nitrogen and oxygen atoms in total. The molecule has 1 saturated carbocycles. The molecule has 0 saturated heterocycles. The molecule has 4 heteroatoms. The highest BCUT2D eigenvalue weighted by Gasteiger charge is 2.32. The molecule has 0 aromatic carbocycles. The summed E-state index contributed by atoms with van der Waals surface area (Å²) in [6, 6.07) is 0. The van der Waals surface area contributed by atoms with Crippen molar-refractivity contribution in [3.8, 4) is 0 Å². The first-order valence-corrected chi connectivity index (χ1v) is 6.72. The van der Waals surface area contributed by atoms with E-state index < -0.39 is 7.68 Å². The van der Waals surface area contributed by atoms with E-state index in [9.17, 15) is 8.76 Å². The van der Waals surface area contributed by atoms with Gasteiger partial charge in [0.2, 0.25) is 0 Å². The smallest absolute Gasteiger partial charge is 0.302 e. The SMILES string of the molecule is CCCP(=O)(F)OC1CCCC1C. The lowest BCUT2D eigenvalue weighted by atomic mass is 10.1. The van der Waals surface area contributed by atoms with Crippen molar-refractivity contribution in [3.63, 3.8) is 0 Å². The Hall–Kier alpha value is 0.120. The molecule has 0 aliphatic heterocycles. The van der Waals surface area contributed by atoms with Crippen LogP contribution in [0.1, 0.15) is 39.5 Å². The predicted octanol–water partition coefficient (Wildman–Crippen LogP) is 3.76. The maximum atomic E-state index is 13.2.